The quantitative estimate of drug-likeness (QED) is 0.764. The first-order valence-corrected chi connectivity index (χ1v) is 8.13. The van der Waals surface area contributed by atoms with E-state index in [1.165, 1.54) is 18.1 Å². The summed E-state index contributed by atoms with van der Waals surface area (Å²) in [6, 6.07) is 6.41. The Kier molecular flexibility index (Phi) is 6.16. The van der Waals surface area contributed by atoms with Crippen molar-refractivity contribution < 1.29 is 18.7 Å². The minimum Gasteiger partial charge on any atom is -0.497 e. The molecule has 1 aromatic heterocycles. The molecule has 1 N–H and O–H groups in total. The minimum absolute atomic E-state index is 0.00360. The molecular weight excluding hydrogens is 324 g/mol. The average molecular weight is 346 g/mol. The Bertz CT molecular complexity index is 828. The fraction of sp³-hybridized carbons (Fsp3) is 0.389. The number of amides is 2. The molecule has 0 unspecified atom stereocenters. The summed E-state index contributed by atoms with van der Waals surface area (Å²) in [6.07, 6.45) is 0.0155. The van der Waals surface area contributed by atoms with Crippen molar-refractivity contribution in [1.82, 2.24) is 10.2 Å². The molecule has 1 aromatic carbocycles. The zero-order chi connectivity index (χ0) is 18.4. The topological polar surface area (TPSA) is 88.9 Å². The van der Waals surface area contributed by atoms with Crippen LogP contribution in [0.3, 0.4) is 0 Å². The van der Waals surface area contributed by atoms with E-state index in [0.717, 1.165) is 0 Å². The Morgan fingerprint density at radius 2 is 2.00 bits per heavy atom. The highest BCUT2D eigenvalue weighted by Gasteiger charge is 2.18. The molecule has 7 heteroatoms. The summed E-state index contributed by atoms with van der Waals surface area (Å²) in [5, 5.41) is 3.34. The highest BCUT2D eigenvalue weighted by atomic mass is 16.5. The van der Waals surface area contributed by atoms with Gasteiger partial charge in [-0.1, -0.05) is 0 Å². The van der Waals surface area contributed by atoms with Gasteiger partial charge in [0.05, 0.1) is 20.1 Å². The summed E-state index contributed by atoms with van der Waals surface area (Å²) in [4.78, 5) is 37.5. The molecule has 0 fully saturated rings. The molecule has 0 spiro atoms. The van der Waals surface area contributed by atoms with Crippen LogP contribution in [0.5, 0.6) is 5.75 Å². The number of hydrogen-bond donors (Lipinski definition) is 1. The van der Waals surface area contributed by atoms with Crippen molar-refractivity contribution >= 4 is 22.8 Å². The number of nitrogens with one attached hydrogen (secondary N) is 1. The fourth-order valence-electron chi connectivity index (χ4n) is 2.56. The van der Waals surface area contributed by atoms with Gasteiger partial charge >= 0.3 is 5.63 Å². The molecule has 0 aliphatic carbocycles. The maximum Gasteiger partial charge on any atom is 0.336 e. The third-order valence-electron chi connectivity index (χ3n) is 3.82. The largest absolute Gasteiger partial charge is 0.497 e. The van der Waals surface area contributed by atoms with Crippen molar-refractivity contribution in [3.05, 3.63) is 40.2 Å². The lowest BCUT2D eigenvalue weighted by atomic mass is 10.1. The Labute approximate surface area is 145 Å². The van der Waals surface area contributed by atoms with Gasteiger partial charge in [-0.25, -0.2) is 4.79 Å². The van der Waals surface area contributed by atoms with Gasteiger partial charge < -0.3 is 19.4 Å². The van der Waals surface area contributed by atoms with Crippen LogP contribution in [0, 0.1) is 0 Å². The van der Waals surface area contributed by atoms with E-state index in [-0.39, 0.29) is 24.8 Å². The van der Waals surface area contributed by atoms with Crippen LogP contribution in [0.15, 0.2) is 33.5 Å². The molecule has 2 amide bonds. The van der Waals surface area contributed by atoms with E-state index in [9.17, 15) is 14.4 Å². The second-order valence-corrected chi connectivity index (χ2v) is 5.49. The monoisotopic (exact) mass is 346 g/mol. The Morgan fingerprint density at radius 1 is 1.24 bits per heavy atom. The molecular formula is C18H22N2O5. The SMILES string of the molecule is CCNC(=O)CN(CC)C(=O)Cc1cc(=O)oc2cc(OC)ccc12. The summed E-state index contributed by atoms with van der Waals surface area (Å²) in [6.45, 7) is 4.54. The molecule has 2 aromatic rings. The Morgan fingerprint density at radius 3 is 2.64 bits per heavy atom. The van der Waals surface area contributed by atoms with Crippen LogP contribution < -0.4 is 15.7 Å². The number of fused-ring (bicyclic) bond motifs is 1. The van der Waals surface area contributed by atoms with Gasteiger partial charge in [-0.2, -0.15) is 0 Å². The minimum atomic E-state index is -0.532. The standard InChI is InChI=1S/C18H22N2O5/c1-4-19-16(21)11-20(5-2)17(22)8-12-9-18(23)25-15-10-13(24-3)6-7-14(12)15/h6-7,9-10H,4-5,8,11H2,1-3H3,(H,19,21). The summed E-state index contributed by atoms with van der Waals surface area (Å²) in [5.74, 6) is 0.127. The number of carbonyl (C=O) groups is 2. The first-order valence-electron chi connectivity index (χ1n) is 8.13. The van der Waals surface area contributed by atoms with Gasteiger partial charge in [0.2, 0.25) is 11.8 Å². The summed E-state index contributed by atoms with van der Waals surface area (Å²) in [7, 11) is 1.52. The van der Waals surface area contributed by atoms with E-state index in [4.69, 9.17) is 9.15 Å². The first-order chi connectivity index (χ1) is 12.0. The van der Waals surface area contributed by atoms with Crippen LogP contribution >= 0.6 is 0 Å². The molecule has 0 saturated carbocycles. The van der Waals surface area contributed by atoms with Crippen molar-refractivity contribution in [1.29, 1.82) is 0 Å². The maximum absolute atomic E-state index is 12.6. The second-order valence-electron chi connectivity index (χ2n) is 5.49. The molecule has 2 rings (SSSR count). The Balaban J connectivity index is 2.27. The van der Waals surface area contributed by atoms with Gasteiger partial charge in [0, 0.05) is 30.6 Å². The summed E-state index contributed by atoms with van der Waals surface area (Å²) < 4.78 is 10.3. The lowest BCUT2D eigenvalue weighted by Gasteiger charge is -2.20. The first kappa shape index (κ1) is 18.5. The van der Waals surface area contributed by atoms with E-state index in [1.807, 2.05) is 6.92 Å². The average Bonchev–Trinajstić information content (AvgIpc) is 2.58. The van der Waals surface area contributed by atoms with E-state index < -0.39 is 5.63 Å². The number of nitrogens with zero attached hydrogens (tertiary/aromatic N) is 1. The molecule has 1 heterocycles. The predicted molar refractivity (Wildman–Crippen MR) is 93.7 cm³/mol. The van der Waals surface area contributed by atoms with Crippen molar-refractivity contribution in [2.24, 2.45) is 0 Å². The third kappa shape index (κ3) is 4.59. The van der Waals surface area contributed by atoms with E-state index in [0.29, 0.717) is 35.4 Å². The molecule has 7 nitrogen and oxygen atoms in total. The van der Waals surface area contributed by atoms with Gasteiger partial charge in [0.1, 0.15) is 11.3 Å². The van der Waals surface area contributed by atoms with Gasteiger partial charge in [-0.15, -0.1) is 0 Å². The van der Waals surface area contributed by atoms with Crippen LogP contribution in [0.25, 0.3) is 11.0 Å². The van der Waals surface area contributed by atoms with Gasteiger partial charge in [-0.3, -0.25) is 9.59 Å². The number of methoxy groups -OCH3 is 1. The number of benzene rings is 1. The zero-order valence-electron chi connectivity index (χ0n) is 14.6. The molecule has 0 radical (unpaired) electrons. The molecule has 0 atom stereocenters. The number of ether oxygens (including phenoxy) is 1. The summed E-state index contributed by atoms with van der Waals surface area (Å²) >= 11 is 0. The number of hydrogen-bond acceptors (Lipinski definition) is 5. The second kappa shape index (κ2) is 8.32. The number of carbonyl (C=O) groups excluding carboxylic acids is 2. The zero-order valence-corrected chi connectivity index (χ0v) is 14.6. The number of likely N-dealkylation sites (N-methyl/N-ethyl adjacent to an activating group) is 2. The van der Waals surface area contributed by atoms with Crippen molar-refractivity contribution in [2.75, 3.05) is 26.7 Å². The summed E-state index contributed by atoms with van der Waals surface area (Å²) in [5.41, 5.74) is 0.394. The van der Waals surface area contributed by atoms with E-state index in [1.54, 1.807) is 25.1 Å². The molecule has 0 bridgehead atoms. The fourth-order valence-corrected chi connectivity index (χ4v) is 2.56. The molecule has 25 heavy (non-hydrogen) atoms. The molecule has 134 valence electrons. The van der Waals surface area contributed by atoms with Gasteiger partial charge in [0.15, 0.2) is 0 Å². The highest BCUT2D eigenvalue weighted by molar-refractivity contribution is 5.90. The van der Waals surface area contributed by atoms with Crippen molar-refractivity contribution in [3.63, 3.8) is 0 Å². The lowest BCUT2D eigenvalue weighted by molar-refractivity contribution is -0.135. The predicted octanol–water partition coefficient (Wildman–Crippen LogP) is 1.33. The van der Waals surface area contributed by atoms with Gasteiger partial charge in [-0.05, 0) is 31.5 Å². The third-order valence-corrected chi connectivity index (χ3v) is 3.82. The molecule has 0 aliphatic rings. The molecule has 0 saturated heterocycles. The van der Waals surface area contributed by atoms with Gasteiger partial charge in [0.25, 0.3) is 0 Å². The normalized spacial score (nSPS) is 10.5. The van der Waals surface area contributed by atoms with Crippen LogP contribution in [0.1, 0.15) is 19.4 Å². The smallest absolute Gasteiger partial charge is 0.336 e. The van der Waals surface area contributed by atoms with Crippen LogP contribution in [-0.4, -0.2) is 43.5 Å². The highest BCUT2D eigenvalue weighted by Crippen LogP contribution is 2.23. The maximum atomic E-state index is 12.6. The van der Waals surface area contributed by atoms with Crippen molar-refractivity contribution in [2.45, 2.75) is 20.3 Å². The Hall–Kier alpha value is -2.83. The van der Waals surface area contributed by atoms with Crippen LogP contribution in [0.4, 0.5) is 0 Å². The van der Waals surface area contributed by atoms with Crippen LogP contribution in [0.2, 0.25) is 0 Å². The lowest BCUT2D eigenvalue weighted by Crippen LogP contribution is -2.41. The molecule has 0 aliphatic heterocycles. The van der Waals surface area contributed by atoms with Crippen LogP contribution in [-0.2, 0) is 16.0 Å². The van der Waals surface area contributed by atoms with E-state index >= 15 is 0 Å². The van der Waals surface area contributed by atoms with Crippen molar-refractivity contribution in [3.8, 4) is 5.75 Å². The van der Waals surface area contributed by atoms with E-state index in [2.05, 4.69) is 5.32 Å². The number of rotatable bonds is 7.